The number of carbonyl (C=O) groups excluding carboxylic acids is 1. The molecule has 174 valence electrons. The quantitative estimate of drug-likeness (QED) is 0.564. The van der Waals surface area contributed by atoms with Gasteiger partial charge in [-0.05, 0) is 32.0 Å². The second-order valence-corrected chi connectivity index (χ2v) is 7.39. The van der Waals surface area contributed by atoms with E-state index >= 15 is 0 Å². The maximum Gasteiger partial charge on any atom is 0.416 e. The van der Waals surface area contributed by atoms with Crippen LogP contribution in [-0.2, 0) is 10.9 Å². The Morgan fingerprint density at radius 3 is 2.76 bits per heavy atom. The fourth-order valence-corrected chi connectivity index (χ4v) is 3.23. The van der Waals surface area contributed by atoms with Crippen LogP contribution < -0.4 is 10.2 Å². The molecule has 0 bridgehead atoms. The summed E-state index contributed by atoms with van der Waals surface area (Å²) in [4.78, 5) is 25.9. The van der Waals surface area contributed by atoms with Crippen molar-refractivity contribution in [1.82, 2.24) is 20.1 Å². The van der Waals surface area contributed by atoms with Crippen molar-refractivity contribution in [2.24, 2.45) is 0 Å². The van der Waals surface area contributed by atoms with Crippen molar-refractivity contribution in [2.45, 2.75) is 38.2 Å². The summed E-state index contributed by atoms with van der Waals surface area (Å²) in [6, 6.07) is 4.90. The van der Waals surface area contributed by atoms with Gasteiger partial charge in [-0.3, -0.25) is 4.90 Å². The number of aromatic nitrogens is 4. The van der Waals surface area contributed by atoms with Gasteiger partial charge < -0.3 is 19.7 Å². The Morgan fingerprint density at radius 2 is 2.03 bits per heavy atom. The molecule has 1 fully saturated rings. The number of carbonyl (C=O) groups is 1. The first-order valence-corrected chi connectivity index (χ1v) is 9.88. The molecule has 2 N–H and O–H groups in total. The van der Waals surface area contributed by atoms with Crippen LogP contribution in [-0.4, -0.2) is 50.1 Å². The third-order valence-corrected chi connectivity index (χ3v) is 4.96. The van der Waals surface area contributed by atoms with Gasteiger partial charge in [0, 0.05) is 11.8 Å². The van der Waals surface area contributed by atoms with Gasteiger partial charge in [-0.1, -0.05) is 17.3 Å². The molecular formula is C20H19F3N6O4. The molecule has 0 spiro atoms. The lowest BCUT2D eigenvalue weighted by Gasteiger charge is -2.22. The molecule has 0 saturated carbocycles. The zero-order valence-electron chi connectivity index (χ0n) is 17.4. The summed E-state index contributed by atoms with van der Waals surface area (Å²) < 4.78 is 49.1. The normalized spacial score (nSPS) is 18.2. The number of aliphatic hydroxyl groups is 1. The molecule has 1 saturated heterocycles. The Kier molecular flexibility index (Phi) is 5.89. The van der Waals surface area contributed by atoms with E-state index in [1.54, 1.807) is 13.8 Å². The highest BCUT2D eigenvalue weighted by atomic mass is 19.4. The molecule has 1 aliphatic rings. The number of anilines is 2. The highest BCUT2D eigenvalue weighted by molar-refractivity contribution is 5.89. The summed E-state index contributed by atoms with van der Waals surface area (Å²) in [5.74, 6) is 0.448. The van der Waals surface area contributed by atoms with Crippen molar-refractivity contribution in [3.05, 3.63) is 48.0 Å². The summed E-state index contributed by atoms with van der Waals surface area (Å²) in [7, 11) is 0. The molecule has 3 aromatic rings. The number of rotatable bonds is 6. The van der Waals surface area contributed by atoms with E-state index in [2.05, 4.69) is 25.4 Å². The van der Waals surface area contributed by atoms with E-state index in [-0.39, 0.29) is 35.7 Å². The minimum atomic E-state index is -4.49. The second kappa shape index (κ2) is 8.65. The van der Waals surface area contributed by atoms with Crippen LogP contribution in [0.15, 0.2) is 41.1 Å². The molecule has 1 aromatic carbocycles. The lowest BCUT2D eigenvalue weighted by atomic mass is 10.1. The van der Waals surface area contributed by atoms with Crippen molar-refractivity contribution < 1.29 is 32.3 Å². The Hall–Kier alpha value is -3.74. The topological polar surface area (TPSA) is 127 Å². The average Bonchev–Trinajstić information content (AvgIpc) is 3.41. The van der Waals surface area contributed by atoms with Gasteiger partial charge in [0.2, 0.25) is 17.7 Å². The zero-order chi connectivity index (χ0) is 23.8. The molecule has 13 heteroatoms. The summed E-state index contributed by atoms with van der Waals surface area (Å²) in [6.07, 6.45) is -4.55. The fourth-order valence-electron chi connectivity index (χ4n) is 3.23. The SMILES string of the molecule is CC(Nc1nccc(N2C(=O)OC[C@@H]2[C@@H](C)O)n1)c1nc(-c2cccc(C(F)(F)F)c2)no1. The van der Waals surface area contributed by atoms with E-state index in [1.165, 1.54) is 29.3 Å². The average molecular weight is 464 g/mol. The van der Waals surface area contributed by atoms with Crippen molar-refractivity contribution in [2.75, 3.05) is 16.8 Å². The molecule has 33 heavy (non-hydrogen) atoms. The number of hydrogen-bond acceptors (Lipinski definition) is 9. The van der Waals surface area contributed by atoms with E-state index in [9.17, 15) is 23.1 Å². The number of halogens is 3. The van der Waals surface area contributed by atoms with Crippen LogP contribution in [0.5, 0.6) is 0 Å². The van der Waals surface area contributed by atoms with Gasteiger partial charge in [-0.15, -0.1) is 0 Å². The summed E-state index contributed by atoms with van der Waals surface area (Å²) in [5.41, 5.74) is -0.666. The number of amides is 1. The molecule has 4 rings (SSSR count). The predicted molar refractivity (Wildman–Crippen MR) is 108 cm³/mol. The van der Waals surface area contributed by atoms with Crippen LogP contribution in [0, 0.1) is 0 Å². The second-order valence-electron chi connectivity index (χ2n) is 7.39. The number of benzene rings is 1. The molecule has 3 atom stereocenters. The first-order valence-electron chi connectivity index (χ1n) is 9.88. The van der Waals surface area contributed by atoms with E-state index in [0.29, 0.717) is 0 Å². The fraction of sp³-hybridized carbons (Fsp3) is 0.350. The minimum Gasteiger partial charge on any atom is -0.447 e. The molecular weight excluding hydrogens is 445 g/mol. The Morgan fingerprint density at radius 1 is 1.24 bits per heavy atom. The van der Waals surface area contributed by atoms with Gasteiger partial charge in [-0.2, -0.15) is 23.1 Å². The number of ether oxygens (including phenoxy) is 1. The predicted octanol–water partition coefficient (Wildman–Crippen LogP) is 3.42. The number of nitrogens with one attached hydrogen (secondary N) is 1. The number of alkyl halides is 3. The lowest BCUT2D eigenvalue weighted by Crippen LogP contribution is -2.41. The highest BCUT2D eigenvalue weighted by Gasteiger charge is 2.38. The summed E-state index contributed by atoms with van der Waals surface area (Å²) >= 11 is 0. The third-order valence-electron chi connectivity index (χ3n) is 4.96. The van der Waals surface area contributed by atoms with E-state index in [4.69, 9.17) is 9.26 Å². The van der Waals surface area contributed by atoms with Crippen LogP contribution in [0.3, 0.4) is 0 Å². The van der Waals surface area contributed by atoms with E-state index < -0.39 is 36.0 Å². The molecule has 1 unspecified atom stereocenters. The third kappa shape index (κ3) is 4.72. The van der Waals surface area contributed by atoms with Gasteiger partial charge >= 0.3 is 12.3 Å². The van der Waals surface area contributed by atoms with Gasteiger partial charge in [0.25, 0.3) is 0 Å². The van der Waals surface area contributed by atoms with Crippen molar-refractivity contribution in [3.63, 3.8) is 0 Å². The maximum absolute atomic E-state index is 13.0. The van der Waals surface area contributed by atoms with Crippen LogP contribution >= 0.6 is 0 Å². The number of cyclic esters (lactones) is 1. The van der Waals surface area contributed by atoms with Gasteiger partial charge in [0.15, 0.2) is 0 Å². The number of hydrogen-bond donors (Lipinski definition) is 2. The number of nitrogens with zero attached hydrogens (tertiary/aromatic N) is 5. The maximum atomic E-state index is 13.0. The van der Waals surface area contributed by atoms with Crippen molar-refractivity contribution in [3.8, 4) is 11.4 Å². The smallest absolute Gasteiger partial charge is 0.416 e. The highest BCUT2D eigenvalue weighted by Crippen LogP contribution is 2.32. The van der Waals surface area contributed by atoms with Gasteiger partial charge in [0.1, 0.15) is 24.5 Å². The largest absolute Gasteiger partial charge is 0.447 e. The monoisotopic (exact) mass is 464 g/mol. The molecule has 1 aliphatic heterocycles. The Labute approximate surface area is 185 Å². The minimum absolute atomic E-state index is 0.000920. The molecule has 2 aromatic heterocycles. The van der Waals surface area contributed by atoms with Gasteiger partial charge in [0.05, 0.1) is 11.7 Å². The number of aliphatic hydroxyl groups excluding tert-OH is 1. The lowest BCUT2D eigenvalue weighted by molar-refractivity contribution is -0.137. The van der Waals surface area contributed by atoms with E-state index in [0.717, 1.165) is 12.1 Å². The van der Waals surface area contributed by atoms with Gasteiger partial charge in [-0.25, -0.2) is 9.78 Å². The zero-order valence-corrected chi connectivity index (χ0v) is 17.4. The van der Waals surface area contributed by atoms with Crippen molar-refractivity contribution in [1.29, 1.82) is 0 Å². The van der Waals surface area contributed by atoms with Crippen LogP contribution in [0.4, 0.5) is 29.7 Å². The first kappa shape index (κ1) is 22.5. The Bertz CT molecular complexity index is 1150. The molecule has 0 aliphatic carbocycles. The Balaban J connectivity index is 1.51. The van der Waals surface area contributed by atoms with E-state index in [1.807, 2.05) is 0 Å². The standard InChI is InChI=1S/C20H19F3N6O4/c1-10(17-27-16(28-33-17)12-4-3-5-13(8-12)20(21,22)23)25-18-24-7-6-15(26-18)29-14(11(2)30)9-32-19(29)31/h3-8,10-11,14,30H,9H2,1-2H3,(H,24,25,26)/t10?,11-,14-/m1/s1. The van der Waals surface area contributed by atoms with Crippen LogP contribution in [0.2, 0.25) is 0 Å². The van der Waals surface area contributed by atoms with Crippen molar-refractivity contribution >= 4 is 17.9 Å². The summed E-state index contributed by atoms with van der Waals surface area (Å²) in [5, 5.41) is 16.6. The molecule has 10 nitrogen and oxygen atoms in total. The molecule has 1 amide bonds. The first-order chi connectivity index (χ1) is 15.6. The molecule has 0 radical (unpaired) electrons. The summed E-state index contributed by atoms with van der Waals surface area (Å²) in [6.45, 7) is 3.24. The van der Waals surface area contributed by atoms with Crippen LogP contribution in [0.25, 0.3) is 11.4 Å². The van der Waals surface area contributed by atoms with Crippen LogP contribution in [0.1, 0.15) is 31.3 Å². The molecule has 3 heterocycles.